The number of carbonyl (C=O) groups excluding carboxylic acids is 2. The van der Waals surface area contributed by atoms with Gasteiger partial charge in [0.05, 0.1) is 37.5 Å². The molecule has 28 heavy (non-hydrogen) atoms. The van der Waals surface area contributed by atoms with Gasteiger partial charge >= 0.3 is 0 Å². The maximum atomic E-state index is 13.2. The zero-order valence-electron chi connectivity index (χ0n) is 13.1. The average molecular weight is 525 g/mol. The molecule has 1 heterocycles. The second-order valence-electron chi connectivity index (χ2n) is 6.49. The molecule has 2 fully saturated rings. The van der Waals surface area contributed by atoms with Crippen LogP contribution < -0.4 is 4.90 Å². The normalized spacial score (nSPS) is 35.8. The number of benzene rings is 1. The molecule has 0 N–H and O–H groups in total. The molecule has 2 aliphatic carbocycles. The molecule has 6 nitrogen and oxygen atoms in total. The lowest BCUT2D eigenvalue weighted by atomic mass is 9.84. The topological polar surface area (TPSA) is 80.5 Å². The number of amides is 2. The Labute approximate surface area is 192 Å². The van der Waals surface area contributed by atoms with E-state index >= 15 is 0 Å². The van der Waals surface area contributed by atoms with Crippen LogP contribution in [0, 0.1) is 22.0 Å². The third kappa shape index (κ3) is 2.05. The van der Waals surface area contributed by atoms with Crippen molar-refractivity contribution in [3.63, 3.8) is 0 Å². The van der Waals surface area contributed by atoms with Crippen molar-refractivity contribution in [3.8, 4) is 0 Å². The molecule has 13 heteroatoms. The van der Waals surface area contributed by atoms with Crippen LogP contribution >= 0.6 is 81.2 Å². The zero-order chi connectivity index (χ0) is 21.0. The van der Waals surface area contributed by atoms with Gasteiger partial charge in [0.15, 0.2) is 4.33 Å². The summed E-state index contributed by atoms with van der Waals surface area (Å²) in [4.78, 5) is 33.5. The number of non-ortho nitro benzene ring substituents is 1. The number of hydrogen-bond donors (Lipinski definition) is 0. The van der Waals surface area contributed by atoms with Crippen LogP contribution in [0.25, 0.3) is 0 Å². The van der Waals surface area contributed by atoms with E-state index in [4.69, 9.17) is 81.2 Å². The van der Waals surface area contributed by atoms with Crippen LogP contribution in [0.5, 0.6) is 0 Å². The quantitative estimate of drug-likeness (QED) is 0.230. The average Bonchev–Trinajstić information content (AvgIpc) is 3.00. The van der Waals surface area contributed by atoms with Crippen molar-refractivity contribution in [3.05, 3.63) is 43.4 Å². The predicted molar refractivity (Wildman–Crippen MR) is 108 cm³/mol. The van der Waals surface area contributed by atoms with E-state index in [-0.39, 0.29) is 26.5 Å². The molecule has 1 aliphatic heterocycles. The Hall–Kier alpha value is -0.470. The summed E-state index contributed by atoms with van der Waals surface area (Å²) in [5.74, 6) is -4.38. The predicted octanol–water partition coefficient (Wildman–Crippen LogP) is 5.20. The fourth-order valence-electron chi connectivity index (χ4n) is 4.02. The van der Waals surface area contributed by atoms with Crippen LogP contribution in [0.3, 0.4) is 0 Å². The van der Waals surface area contributed by atoms with Crippen molar-refractivity contribution in [2.75, 3.05) is 4.90 Å². The third-order valence-electron chi connectivity index (χ3n) is 5.29. The van der Waals surface area contributed by atoms with E-state index in [2.05, 4.69) is 0 Å². The standard InChI is InChI=1S/C15H5Cl7N2O4/c16-5-2-1-4(24(27)28)3-6(5)23-11(25)7-8(12(23)26)14(20)10(18)9(17)13(7,19)15(14,21)22/h1-3,7-8H/t7-,8-,13-,14-/m1/s1. The molecule has 4 atom stereocenters. The summed E-state index contributed by atoms with van der Waals surface area (Å²) in [6.45, 7) is 0. The van der Waals surface area contributed by atoms with Crippen molar-refractivity contribution in [1.29, 1.82) is 0 Å². The number of anilines is 1. The second kappa shape index (κ2) is 6.03. The summed E-state index contributed by atoms with van der Waals surface area (Å²) in [7, 11) is 0. The molecular weight excluding hydrogens is 520 g/mol. The molecule has 0 aromatic heterocycles. The number of fused-ring (bicyclic) bond motifs is 5. The molecule has 2 amide bonds. The molecular formula is C15H5Cl7N2O4. The molecule has 0 spiro atoms. The van der Waals surface area contributed by atoms with Crippen molar-refractivity contribution >= 4 is 104 Å². The SMILES string of the molecule is O=C1[C@H]2[C@H](C(=O)N1c1cc([N+](=O)[O-])ccc1Cl)[C@@]1(Cl)C(Cl)=C(Cl)[C@@]2(Cl)C1(Cl)Cl. The molecule has 3 aliphatic rings. The Bertz CT molecular complexity index is 982. The van der Waals surface area contributed by atoms with Crippen LogP contribution in [-0.4, -0.2) is 30.8 Å². The highest BCUT2D eigenvalue weighted by atomic mass is 35.5. The maximum absolute atomic E-state index is 13.2. The number of nitrogens with zero attached hydrogens (tertiary/aromatic N) is 2. The molecule has 1 saturated carbocycles. The third-order valence-corrected chi connectivity index (χ3v) is 9.87. The van der Waals surface area contributed by atoms with Gasteiger partial charge in [-0.1, -0.05) is 58.0 Å². The number of nitro benzene ring substituents is 1. The largest absolute Gasteiger partial charge is 0.274 e. The monoisotopic (exact) mass is 522 g/mol. The van der Waals surface area contributed by atoms with E-state index in [0.717, 1.165) is 12.1 Å². The fraction of sp³-hybridized carbons (Fsp3) is 0.333. The summed E-state index contributed by atoms with van der Waals surface area (Å²) in [6, 6.07) is 3.32. The van der Waals surface area contributed by atoms with Gasteiger partial charge in [-0.2, -0.15) is 0 Å². The van der Waals surface area contributed by atoms with E-state index in [0.29, 0.717) is 4.90 Å². The Morgan fingerprint density at radius 3 is 1.82 bits per heavy atom. The smallest absolute Gasteiger partial charge is 0.271 e. The maximum Gasteiger partial charge on any atom is 0.271 e. The summed E-state index contributed by atoms with van der Waals surface area (Å²) in [5, 5.41) is 10.5. The Morgan fingerprint density at radius 1 is 0.929 bits per heavy atom. The number of imide groups is 1. The molecule has 0 unspecified atom stereocenters. The van der Waals surface area contributed by atoms with E-state index in [1.165, 1.54) is 6.07 Å². The highest BCUT2D eigenvalue weighted by molar-refractivity contribution is 6.67. The number of alkyl halides is 4. The summed E-state index contributed by atoms with van der Waals surface area (Å²) < 4.78 is -2.06. The number of rotatable bonds is 2. The van der Waals surface area contributed by atoms with Crippen LogP contribution in [0.4, 0.5) is 11.4 Å². The zero-order valence-corrected chi connectivity index (χ0v) is 18.4. The molecule has 4 rings (SSSR count). The molecule has 1 aromatic carbocycles. The highest BCUT2D eigenvalue weighted by Gasteiger charge is 2.87. The summed E-state index contributed by atoms with van der Waals surface area (Å²) in [6.07, 6.45) is 0. The molecule has 0 radical (unpaired) electrons. The first-order chi connectivity index (χ1) is 12.8. The van der Waals surface area contributed by atoms with Gasteiger partial charge in [-0.05, 0) is 6.07 Å². The van der Waals surface area contributed by atoms with E-state index < -0.39 is 42.7 Å². The fourth-order valence-corrected chi connectivity index (χ4v) is 7.15. The number of carbonyl (C=O) groups is 2. The number of nitro groups is 1. The van der Waals surface area contributed by atoms with Crippen LogP contribution in [0.1, 0.15) is 0 Å². The van der Waals surface area contributed by atoms with Gasteiger partial charge < -0.3 is 0 Å². The summed E-state index contributed by atoms with van der Waals surface area (Å²) in [5.41, 5.74) is -0.568. The second-order valence-corrected chi connectivity index (χ2v) is 10.2. The lowest BCUT2D eigenvalue weighted by Gasteiger charge is -2.34. The minimum absolute atomic E-state index is 0.0694. The molecule has 1 saturated heterocycles. The van der Waals surface area contributed by atoms with Crippen molar-refractivity contribution < 1.29 is 14.5 Å². The van der Waals surface area contributed by atoms with E-state index in [9.17, 15) is 19.7 Å². The van der Waals surface area contributed by atoms with Crippen LogP contribution in [-0.2, 0) is 9.59 Å². The van der Waals surface area contributed by atoms with Gasteiger partial charge in [-0.15, -0.1) is 23.2 Å². The highest BCUT2D eigenvalue weighted by Crippen LogP contribution is 2.77. The van der Waals surface area contributed by atoms with Gasteiger partial charge in [0, 0.05) is 12.1 Å². The van der Waals surface area contributed by atoms with Crippen LogP contribution in [0.2, 0.25) is 5.02 Å². The first-order valence-corrected chi connectivity index (χ1v) is 10.1. The number of hydrogen-bond acceptors (Lipinski definition) is 4. The Balaban J connectivity index is 1.91. The molecule has 1 aromatic rings. The number of halogens is 7. The van der Waals surface area contributed by atoms with Crippen LogP contribution in [0.15, 0.2) is 28.3 Å². The Morgan fingerprint density at radius 2 is 1.39 bits per heavy atom. The van der Waals surface area contributed by atoms with E-state index in [1.807, 2.05) is 0 Å². The molecule has 148 valence electrons. The lowest BCUT2D eigenvalue weighted by Crippen LogP contribution is -2.50. The van der Waals surface area contributed by atoms with Crippen molar-refractivity contribution in [1.82, 2.24) is 0 Å². The van der Waals surface area contributed by atoms with Gasteiger partial charge in [0.2, 0.25) is 11.8 Å². The lowest BCUT2D eigenvalue weighted by molar-refractivity contribution is -0.384. The summed E-state index contributed by atoms with van der Waals surface area (Å²) >= 11 is 44.5. The first-order valence-electron chi connectivity index (χ1n) is 7.47. The minimum Gasteiger partial charge on any atom is -0.274 e. The van der Waals surface area contributed by atoms with Gasteiger partial charge in [0.1, 0.15) is 9.75 Å². The first kappa shape index (κ1) is 20.8. The Kier molecular flexibility index (Phi) is 4.48. The van der Waals surface area contributed by atoms with Gasteiger partial charge in [0.25, 0.3) is 5.69 Å². The molecule has 2 bridgehead atoms. The van der Waals surface area contributed by atoms with Gasteiger partial charge in [-0.3, -0.25) is 19.7 Å². The van der Waals surface area contributed by atoms with Gasteiger partial charge in [-0.25, -0.2) is 4.90 Å². The van der Waals surface area contributed by atoms with E-state index in [1.54, 1.807) is 0 Å². The minimum atomic E-state index is -2.06. The number of allylic oxidation sites excluding steroid dienone is 2. The van der Waals surface area contributed by atoms with Crippen molar-refractivity contribution in [2.24, 2.45) is 11.8 Å². The van der Waals surface area contributed by atoms with Crippen molar-refractivity contribution in [2.45, 2.75) is 14.1 Å².